The largest absolute Gasteiger partial charge is 0.472 e. The van der Waals surface area contributed by atoms with E-state index in [0.29, 0.717) is 34.8 Å². The average molecular weight is 775 g/mol. The standard InChI is InChI=1S/C43H55ClN4O7/c1-5-11-28(40(52)36(51)20-26-16-17-26)21-34(49)33-22-30(54-38-19-18-29(44)24-45-38)25-48(33)41(53)31(43(2,3)4)23-35(50)39(27-12-7-6-8-13-27)47-42-46-32-14-9-10-15-37(32)55-42/h9-10,14-15,18-19,24,26-28,30-31,33,39H,5-8,11-13,16-17,20-23,25H2,1-4H3,(H,46,47)/t28?,30-,31-,33+,39+/m1/s1. The van der Waals surface area contributed by atoms with Gasteiger partial charge in [0.05, 0.1) is 23.7 Å². The number of likely N-dealkylation sites (tertiary alicyclic amines) is 1. The first-order valence-corrected chi connectivity index (χ1v) is 20.5. The summed E-state index contributed by atoms with van der Waals surface area (Å²) >= 11 is 6.06. The Balaban J connectivity index is 1.25. The van der Waals surface area contributed by atoms with Gasteiger partial charge in [-0.25, -0.2) is 4.98 Å². The number of amides is 1. The van der Waals surface area contributed by atoms with E-state index in [-0.39, 0.29) is 67.6 Å². The minimum absolute atomic E-state index is 0.0495. The van der Waals surface area contributed by atoms with E-state index < -0.39 is 47.0 Å². The molecule has 2 aliphatic carbocycles. The van der Waals surface area contributed by atoms with E-state index >= 15 is 0 Å². The van der Waals surface area contributed by atoms with Crippen LogP contribution >= 0.6 is 11.6 Å². The summed E-state index contributed by atoms with van der Waals surface area (Å²) in [5.41, 5.74) is 0.655. The van der Waals surface area contributed by atoms with Crippen molar-refractivity contribution in [3.63, 3.8) is 0 Å². The van der Waals surface area contributed by atoms with E-state index in [0.717, 1.165) is 44.9 Å². The summed E-state index contributed by atoms with van der Waals surface area (Å²) in [5.74, 6) is -2.51. The van der Waals surface area contributed by atoms with Crippen molar-refractivity contribution >= 4 is 57.8 Å². The van der Waals surface area contributed by atoms with Crippen LogP contribution in [0.1, 0.15) is 111 Å². The lowest BCUT2D eigenvalue weighted by Crippen LogP contribution is -2.49. The fourth-order valence-electron chi connectivity index (χ4n) is 8.29. The number of ketones is 4. The first-order valence-electron chi connectivity index (χ1n) is 20.1. The van der Waals surface area contributed by atoms with Gasteiger partial charge >= 0.3 is 0 Å². The van der Waals surface area contributed by atoms with Crippen molar-refractivity contribution in [1.29, 1.82) is 0 Å². The van der Waals surface area contributed by atoms with Crippen LogP contribution in [0.3, 0.4) is 0 Å². The summed E-state index contributed by atoms with van der Waals surface area (Å²) in [5, 5.41) is 3.78. The molecular weight excluding hydrogens is 720 g/mol. The van der Waals surface area contributed by atoms with Crippen LogP contribution < -0.4 is 10.1 Å². The molecule has 3 heterocycles. The highest BCUT2D eigenvalue weighted by Crippen LogP contribution is 2.38. The lowest BCUT2D eigenvalue weighted by atomic mass is 9.74. The normalized spacial score (nSPS) is 20.9. The number of ether oxygens (including phenoxy) is 1. The van der Waals surface area contributed by atoms with Crippen LogP contribution in [0.25, 0.3) is 11.1 Å². The molecule has 3 aromatic rings. The second kappa shape index (κ2) is 17.8. The third kappa shape index (κ3) is 10.4. The van der Waals surface area contributed by atoms with Gasteiger partial charge in [0.2, 0.25) is 17.6 Å². The van der Waals surface area contributed by atoms with Gasteiger partial charge in [-0.2, -0.15) is 4.98 Å². The lowest BCUT2D eigenvalue weighted by molar-refractivity contribution is -0.147. The number of halogens is 1. The van der Waals surface area contributed by atoms with Crippen LogP contribution in [0.15, 0.2) is 47.0 Å². The summed E-state index contributed by atoms with van der Waals surface area (Å²) in [6, 6.07) is 9.50. The van der Waals surface area contributed by atoms with E-state index in [1.807, 2.05) is 52.0 Å². The Bertz CT molecular complexity index is 1810. The minimum Gasteiger partial charge on any atom is -0.472 e. The fourth-order valence-corrected chi connectivity index (χ4v) is 8.40. The number of pyridine rings is 1. The summed E-state index contributed by atoms with van der Waals surface area (Å²) in [7, 11) is 0. The lowest BCUT2D eigenvalue weighted by Gasteiger charge is -2.36. The molecule has 1 aliphatic heterocycles. The molecular formula is C43H55ClN4O7. The Labute approximate surface area is 328 Å². The van der Waals surface area contributed by atoms with Crippen LogP contribution in [0.4, 0.5) is 6.01 Å². The van der Waals surface area contributed by atoms with E-state index in [1.54, 1.807) is 17.0 Å². The molecule has 0 spiro atoms. The molecule has 2 saturated carbocycles. The number of para-hydroxylation sites is 2. The molecule has 1 saturated heterocycles. The van der Waals surface area contributed by atoms with Gasteiger partial charge < -0.3 is 19.4 Å². The molecule has 2 aromatic heterocycles. The van der Waals surface area contributed by atoms with Crippen LogP contribution in [0.5, 0.6) is 5.88 Å². The van der Waals surface area contributed by atoms with Crippen LogP contribution in [0.2, 0.25) is 5.02 Å². The molecule has 11 nitrogen and oxygen atoms in total. The molecule has 55 heavy (non-hydrogen) atoms. The zero-order valence-electron chi connectivity index (χ0n) is 32.6. The first-order chi connectivity index (χ1) is 26.3. The SMILES string of the molecule is CCCC(CC(=O)[C@@H]1C[C@@H](Oc2ccc(Cl)cn2)CN1C(=O)[C@@H](CC(=O)[C@@H](Nc1nc2ccccc2o1)C1CCCCC1)C(C)(C)C)C(=O)C(=O)CC1CC1. The number of benzene rings is 1. The molecule has 6 rings (SSSR count). The minimum atomic E-state index is -0.901. The summed E-state index contributed by atoms with van der Waals surface area (Å²) in [6.07, 6.45) is 8.96. The number of oxazole rings is 1. The first kappa shape index (κ1) is 40.5. The average Bonchev–Trinajstić information content (AvgIpc) is 3.72. The number of carbonyl (C=O) groups is 5. The van der Waals surface area contributed by atoms with E-state index in [9.17, 15) is 24.0 Å². The predicted octanol–water partition coefficient (Wildman–Crippen LogP) is 8.22. The zero-order chi connectivity index (χ0) is 39.3. The zero-order valence-corrected chi connectivity index (χ0v) is 33.3. The van der Waals surface area contributed by atoms with Crippen molar-refractivity contribution < 1.29 is 33.1 Å². The topological polar surface area (TPSA) is 149 Å². The molecule has 1 aromatic carbocycles. The van der Waals surface area contributed by atoms with Crippen molar-refractivity contribution in [3.8, 4) is 5.88 Å². The maximum atomic E-state index is 14.9. The third-order valence-electron chi connectivity index (χ3n) is 11.6. The number of hydrogen-bond donors (Lipinski definition) is 1. The molecule has 5 atom stereocenters. The second-order valence-corrected chi connectivity index (χ2v) is 17.4. The maximum absolute atomic E-state index is 14.9. The highest BCUT2D eigenvalue weighted by atomic mass is 35.5. The van der Waals surface area contributed by atoms with Gasteiger partial charge in [-0.1, -0.05) is 77.1 Å². The summed E-state index contributed by atoms with van der Waals surface area (Å²) in [4.78, 5) is 80.4. The summed E-state index contributed by atoms with van der Waals surface area (Å²) in [6.45, 7) is 7.83. The number of anilines is 1. The molecule has 1 amide bonds. The third-order valence-corrected chi connectivity index (χ3v) is 11.8. The smallest absolute Gasteiger partial charge is 0.296 e. The Kier molecular flexibility index (Phi) is 13.1. The van der Waals surface area contributed by atoms with Crippen molar-refractivity contribution in [1.82, 2.24) is 14.9 Å². The van der Waals surface area contributed by atoms with Gasteiger partial charge in [-0.3, -0.25) is 24.0 Å². The van der Waals surface area contributed by atoms with Gasteiger partial charge in [-0.15, -0.1) is 0 Å². The molecule has 0 bridgehead atoms. The van der Waals surface area contributed by atoms with Gasteiger partial charge in [0, 0.05) is 49.8 Å². The number of nitrogens with zero attached hydrogens (tertiary/aromatic N) is 3. The Morgan fingerprint density at radius 2 is 1.75 bits per heavy atom. The number of Topliss-reactive ketones (excluding diaryl/α,β-unsaturated/α-hetero) is 4. The number of fused-ring (bicyclic) bond motifs is 1. The van der Waals surface area contributed by atoms with Crippen molar-refractivity contribution in [2.45, 2.75) is 129 Å². The number of aromatic nitrogens is 2. The highest BCUT2D eigenvalue weighted by Gasteiger charge is 2.47. The van der Waals surface area contributed by atoms with Crippen molar-refractivity contribution in [3.05, 3.63) is 47.6 Å². The van der Waals surface area contributed by atoms with Crippen LogP contribution in [-0.2, 0) is 24.0 Å². The fraction of sp³-hybridized carbons (Fsp3) is 0.605. The molecule has 3 fully saturated rings. The molecule has 1 unspecified atom stereocenters. The molecule has 296 valence electrons. The maximum Gasteiger partial charge on any atom is 0.296 e. The van der Waals surface area contributed by atoms with Crippen molar-refractivity contribution in [2.24, 2.45) is 29.1 Å². The predicted molar refractivity (Wildman–Crippen MR) is 210 cm³/mol. The number of nitrogens with one attached hydrogen (secondary N) is 1. The number of carbonyl (C=O) groups excluding carboxylic acids is 5. The Morgan fingerprint density at radius 1 is 1.00 bits per heavy atom. The quantitative estimate of drug-likeness (QED) is 0.125. The van der Waals surface area contributed by atoms with Crippen molar-refractivity contribution in [2.75, 3.05) is 11.9 Å². The van der Waals surface area contributed by atoms with E-state index in [1.165, 1.54) is 6.20 Å². The van der Waals surface area contributed by atoms with Crippen LogP contribution in [0, 0.1) is 29.1 Å². The summed E-state index contributed by atoms with van der Waals surface area (Å²) < 4.78 is 12.2. The molecule has 12 heteroatoms. The number of rotatable bonds is 18. The number of hydrogen-bond acceptors (Lipinski definition) is 10. The van der Waals surface area contributed by atoms with E-state index in [2.05, 4.69) is 15.3 Å². The van der Waals surface area contributed by atoms with Gasteiger partial charge in [0.25, 0.3) is 6.01 Å². The van der Waals surface area contributed by atoms with Gasteiger partial charge in [-0.05, 0) is 67.6 Å². The molecule has 0 radical (unpaired) electrons. The molecule has 3 aliphatic rings. The molecule has 1 N–H and O–H groups in total. The highest BCUT2D eigenvalue weighted by molar-refractivity contribution is 6.38. The Morgan fingerprint density at radius 3 is 2.40 bits per heavy atom. The Hall–Kier alpha value is -4.12. The van der Waals surface area contributed by atoms with Crippen LogP contribution in [-0.4, -0.2) is 68.6 Å². The van der Waals surface area contributed by atoms with Gasteiger partial charge in [0.1, 0.15) is 11.6 Å². The second-order valence-electron chi connectivity index (χ2n) is 17.0. The monoisotopic (exact) mass is 774 g/mol. The van der Waals surface area contributed by atoms with Gasteiger partial charge in [0.15, 0.2) is 22.9 Å². The van der Waals surface area contributed by atoms with E-state index in [4.69, 9.17) is 20.8 Å².